The Kier molecular flexibility index (Phi) is 3.70. The van der Waals surface area contributed by atoms with Crippen molar-refractivity contribution in [2.24, 2.45) is 0 Å². The normalized spacial score (nSPS) is 18.7. The SMILES string of the molecule is COc1cc(C)c2[nH]cc3c2c1C(n1cnc2cc(C#N)ccc21)(C(F)(F)F)NC3. The largest absolute Gasteiger partial charge is 0.496 e. The number of hydrogen-bond donors (Lipinski definition) is 2. The fourth-order valence-corrected chi connectivity index (χ4v) is 4.43. The standard InChI is InChI=1S/C21H16F3N5O/c1-11-5-16(30-2)18-17-13(8-26-19(11)17)9-28-20(18,21(22,23)24)29-10-27-14-6-12(7-25)3-4-15(14)29/h3-6,8,10,26,28H,9H2,1-2H3. The molecule has 1 unspecified atom stereocenters. The van der Waals surface area contributed by atoms with Gasteiger partial charge in [0.15, 0.2) is 0 Å². The third-order valence-corrected chi connectivity index (χ3v) is 5.76. The van der Waals surface area contributed by atoms with Crippen LogP contribution in [0.25, 0.3) is 21.9 Å². The number of aromatic nitrogens is 3. The lowest BCUT2D eigenvalue weighted by Crippen LogP contribution is -2.60. The molecule has 0 bridgehead atoms. The number of alkyl halides is 3. The van der Waals surface area contributed by atoms with E-state index < -0.39 is 11.8 Å². The maximum Gasteiger partial charge on any atom is 0.430 e. The zero-order valence-corrected chi connectivity index (χ0v) is 16.1. The van der Waals surface area contributed by atoms with E-state index in [4.69, 9.17) is 10.00 Å². The molecule has 152 valence electrons. The molecule has 0 saturated heterocycles. The quantitative estimate of drug-likeness (QED) is 0.521. The number of nitrogens with one attached hydrogen (secondary N) is 2. The Balaban J connectivity index is 1.94. The Labute approximate surface area is 168 Å². The number of halogens is 3. The third-order valence-electron chi connectivity index (χ3n) is 5.76. The van der Waals surface area contributed by atoms with Crippen LogP contribution in [-0.4, -0.2) is 27.8 Å². The molecule has 0 fully saturated rings. The van der Waals surface area contributed by atoms with Crippen LogP contribution in [0.2, 0.25) is 0 Å². The zero-order valence-electron chi connectivity index (χ0n) is 16.1. The maximum atomic E-state index is 14.9. The van der Waals surface area contributed by atoms with Gasteiger partial charge in [0, 0.05) is 23.6 Å². The molecule has 2 aromatic carbocycles. The summed E-state index contributed by atoms with van der Waals surface area (Å²) in [7, 11) is 1.37. The van der Waals surface area contributed by atoms with Gasteiger partial charge in [-0.05, 0) is 42.3 Å². The molecule has 2 aromatic heterocycles. The molecule has 1 aliphatic rings. The topological polar surface area (TPSA) is 78.7 Å². The van der Waals surface area contributed by atoms with Gasteiger partial charge < -0.3 is 9.72 Å². The van der Waals surface area contributed by atoms with Gasteiger partial charge >= 0.3 is 6.18 Å². The van der Waals surface area contributed by atoms with E-state index in [2.05, 4.69) is 15.3 Å². The van der Waals surface area contributed by atoms with Crippen LogP contribution in [-0.2, 0) is 12.2 Å². The molecule has 1 atom stereocenters. The summed E-state index contributed by atoms with van der Waals surface area (Å²) in [5.41, 5.74) is 0.463. The van der Waals surface area contributed by atoms with E-state index in [9.17, 15) is 13.2 Å². The van der Waals surface area contributed by atoms with Gasteiger partial charge in [-0.1, -0.05) is 0 Å². The average Bonchev–Trinajstić information content (AvgIpc) is 3.34. The molecule has 0 aliphatic carbocycles. The number of H-pyrrole nitrogens is 1. The predicted octanol–water partition coefficient (Wildman–Crippen LogP) is 4.07. The second-order valence-corrected chi connectivity index (χ2v) is 7.33. The Bertz CT molecular complexity index is 1360. The number of nitriles is 1. The minimum Gasteiger partial charge on any atom is -0.496 e. The van der Waals surface area contributed by atoms with Gasteiger partial charge in [-0.2, -0.15) is 18.4 Å². The first-order valence-corrected chi connectivity index (χ1v) is 9.19. The van der Waals surface area contributed by atoms with Gasteiger partial charge in [0.05, 0.1) is 41.7 Å². The molecule has 0 radical (unpaired) electrons. The number of rotatable bonds is 2. The van der Waals surface area contributed by atoms with E-state index in [0.717, 1.165) is 22.0 Å². The highest BCUT2D eigenvalue weighted by Gasteiger charge is 2.61. The molecular formula is C21H16F3N5O. The summed E-state index contributed by atoms with van der Waals surface area (Å²) in [6.45, 7) is 1.84. The number of hydrogen-bond acceptors (Lipinski definition) is 4. The minimum atomic E-state index is -4.72. The van der Waals surface area contributed by atoms with Crippen molar-refractivity contribution in [3.05, 3.63) is 59.0 Å². The lowest BCUT2D eigenvalue weighted by molar-refractivity contribution is -0.211. The number of aryl methyl sites for hydroxylation is 1. The minimum absolute atomic E-state index is 0.00900. The maximum absolute atomic E-state index is 14.9. The van der Waals surface area contributed by atoms with E-state index in [0.29, 0.717) is 22.0 Å². The average molecular weight is 411 g/mol. The van der Waals surface area contributed by atoms with Gasteiger partial charge in [-0.25, -0.2) is 4.98 Å². The molecule has 30 heavy (non-hydrogen) atoms. The summed E-state index contributed by atoms with van der Waals surface area (Å²) in [6, 6.07) is 8.04. The fraction of sp³-hybridized carbons (Fsp3) is 0.238. The number of aromatic amines is 1. The van der Waals surface area contributed by atoms with Gasteiger partial charge in [-0.3, -0.25) is 9.88 Å². The first-order chi connectivity index (χ1) is 14.3. The Morgan fingerprint density at radius 3 is 2.80 bits per heavy atom. The van der Waals surface area contributed by atoms with Crippen molar-refractivity contribution in [3.63, 3.8) is 0 Å². The smallest absolute Gasteiger partial charge is 0.430 e. The molecule has 0 amide bonds. The fourth-order valence-electron chi connectivity index (χ4n) is 4.43. The van der Waals surface area contributed by atoms with E-state index in [-0.39, 0.29) is 23.4 Å². The molecule has 4 aromatic rings. The molecule has 3 heterocycles. The molecule has 1 aliphatic heterocycles. The second-order valence-electron chi connectivity index (χ2n) is 7.33. The highest BCUT2D eigenvalue weighted by atomic mass is 19.4. The van der Waals surface area contributed by atoms with E-state index in [1.54, 1.807) is 12.3 Å². The van der Waals surface area contributed by atoms with Crippen LogP contribution in [0.4, 0.5) is 13.2 Å². The Morgan fingerprint density at radius 1 is 1.30 bits per heavy atom. The molecular weight excluding hydrogens is 395 g/mol. The number of nitrogens with zero attached hydrogens (tertiary/aromatic N) is 3. The molecule has 0 spiro atoms. The van der Waals surface area contributed by atoms with Gasteiger partial charge in [0.25, 0.3) is 0 Å². The predicted molar refractivity (Wildman–Crippen MR) is 104 cm³/mol. The molecule has 2 N–H and O–H groups in total. The lowest BCUT2D eigenvalue weighted by Gasteiger charge is -2.42. The zero-order chi connectivity index (χ0) is 21.3. The highest BCUT2D eigenvalue weighted by molar-refractivity contribution is 5.93. The number of benzene rings is 2. The van der Waals surface area contributed by atoms with E-state index >= 15 is 0 Å². The highest BCUT2D eigenvalue weighted by Crippen LogP contribution is 2.51. The summed E-state index contributed by atoms with van der Waals surface area (Å²) >= 11 is 0. The number of methoxy groups -OCH3 is 1. The summed E-state index contributed by atoms with van der Waals surface area (Å²) in [6.07, 6.45) is -1.84. The van der Waals surface area contributed by atoms with Crippen molar-refractivity contribution >= 4 is 21.9 Å². The van der Waals surface area contributed by atoms with Crippen LogP contribution >= 0.6 is 0 Å². The van der Waals surface area contributed by atoms with Gasteiger partial charge in [0.2, 0.25) is 5.66 Å². The first kappa shape index (κ1) is 18.5. The van der Waals surface area contributed by atoms with Crippen molar-refractivity contribution in [1.29, 1.82) is 5.26 Å². The van der Waals surface area contributed by atoms with Gasteiger partial charge in [0.1, 0.15) is 5.75 Å². The van der Waals surface area contributed by atoms with Crippen molar-refractivity contribution in [3.8, 4) is 11.8 Å². The van der Waals surface area contributed by atoms with Crippen molar-refractivity contribution in [2.75, 3.05) is 7.11 Å². The number of imidazole rings is 1. The van der Waals surface area contributed by atoms with Crippen LogP contribution in [0, 0.1) is 18.3 Å². The third kappa shape index (κ3) is 2.19. The van der Waals surface area contributed by atoms with Crippen LogP contribution in [0.1, 0.15) is 22.3 Å². The van der Waals surface area contributed by atoms with E-state index in [1.807, 2.05) is 13.0 Å². The van der Waals surface area contributed by atoms with Crippen molar-refractivity contribution < 1.29 is 17.9 Å². The second kappa shape index (κ2) is 6.00. The summed E-state index contributed by atoms with van der Waals surface area (Å²) < 4.78 is 51.4. The molecule has 5 rings (SSSR count). The Morgan fingerprint density at radius 2 is 2.10 bits per heavy atom. The number of ether oxygens (including phenoxy) is 1. The van der Waals surface area contributed by atoms with Gasteiger partial charge in [-0.15, -0.1) is 0 Å². The van der Waals surface area contributed by atoms with Crippen molar-refractivity contribution in [2.45, 2.75) is 25.3 Å². The van der Waals surface area contributed by atoms with Crippen LogP contribution in [0.5, 0.6) is 5.75 Å². The summed E-state index contributed by atoms with van der Waals surface area (Å²) in [4.78, 5) is 7.27. The van der Waals surface area contributed by atoms with Crippen molar-refractivity contribution in [1.82, 2.24) is 19.9 Å². The van der Waals surface area contributed by atoms with E-state index in [1.165, 1.54) is 25.3 Å². The molecule has 0 saturated carbocycles. The van der Waals surface area contributed by atoms with Crippen LogP contribution in [0.3, 0.4) is 0 Å². The first-order valence-electron chi connectivity index (χ1n) is 9.19. The summed E-state index contributed by atoms with van der Waals surface area (Å²) in [5.74, 6) is 0.140. The van der Waals surface area contributed by atoms with Crippen LogP contribution in [0.15, 0.2) is 36.8 Å². The molecule has 6 nitrogen and oxygen atoms in total. The molecule has 9 heteroatoms. The monoisotopic (exact) mass is 411 g/mol. The lowest BCUT2D eigenvalue weighted by atomic mass is 9.87. The summed E-state index contributed by atoms with van der Waals surface area (Å²) in [5, 5.41) is 12.3. The number of fused-ring (bicyclic) bond motifs is 1. The van der Waals surface area contributed by atoms with Crippen LogP contribution < -0.4 is 10.1 Å². The Hall–Kier alpha value is -3.51.